The minimum Gasteiger partial charge on any atom is -0.336 e. The van der Waals surface area contributed by atoms with Crippen molar-refractivity contribution in [2.45, 2.75) is 19.8 Å². The molecule has 1 rings (SSSR count). The molecule has 1 unspecified atom stereocenters. The Kier molecular flexibility index (Phi) is 5.58. The summed E-state index contributed by atoms with van der Waals surface area (Å²) in [6, 6.07) is 9.48. The first-order chi connectivity index (χ1) is 7.36. The fourth-order valence-corrected chi connectivity index (χ4v) is 0.976. The molecular formula is C11H16N2O2. The Morgan fingerprint density at radius 2 is 2.00 bits per heavy atom. The average molecular weight is 208 g/mol. The quantitative estimate of drug-likeness (QED) is 0.532. The second-order valence-corrected chi connectivity index (χ2v) is 2.96. The molecule has 0 aliphatic rings. The zero-order valence-electron chi connectivity index (χ0n) is 9.09. The van der Waals surface area contributed by atoms with Gasteiger partial charge in [0.05, 0.1) is 12.3 Å². The Morgan fingerprint density at radius 3 is 2.60 bits per heavy atom. The number of benzene rings is 1. The van der Waals surface area contributed by atoms with Crippen molar-refractivity contribution in [3.05, 3.63) is 30.3 Å². The molecule has 0 fully saturated rings. The molecule has 82 valence electrons. The number of ether oxygens (including phenoxy) is 2. The van der Waals surface area contributed by atoms with Crippen molar-refractivity contribution < 1.29 is 9.47 Å². The number of hydrogen-bond donors (Lipinski definition) is 0. The van der Waals surface area contributed by atoms with Crippen LogP contribution in [0.4, 0.5) is 5.69 Å². The van der Waals surface area contributed by atoms with Crippen LogP contribution < -0.4 is 0 Å². The summed E-state index contributed by atoms with van der Waals surface area (Å²) in [6.07, 6.45) is 0.325. The Balaban J connectivity index is 2.47. The lowest BCUT2D eigenvalue weighted by molar-refractivity contribution is -0.120. The van der Waals surface area contributed by atoms with Crippen LogP contribution in [0.2, 0.25) is 0 Å². The van der Waals surface area contributed by atoms with E-state index in [1.165, 1.54) is 0 Å². The lowest BCUT2D eigenvalue weighted by atomic mass is 10.3. The van der Waals surface area contributed by atoms with Crippen LogP contribution in [-0.2, 0) is 9.47 Å². The lowest BCUT2D eigenvalue weighted by Gasteiger charge is -2.08. The van der Waals surface area contributed by atoms with Crippen LogP contribution in [0.25, 0.3) is 0 Å². The normalized spacial score (nSPS) is 13.2. The van der Waals surface area contributed by atoms with Gasteiger partial charge in [0.1, 0.15) is 0 Å². The lowest BCUT2D eigenvalue weighted by Crippen LogP contribution is -2.12. The van der Waals surface area contributed by atoms with E-state index in [9.17, 15) is 0 Å². The number of hydrogen-bond acceptors (Lipinski definition) is 4. The zero-order chi connectivity index (χ0) is 10.9. The Bertz CT molecular complexity index is 288. The van der Waals surface area contributed by atoms with E-state index < -0.39 is 6.41 Å². The highest BCUT2D eigenvalue weighted by Gasteiger charge is 2.02. The van der Waals surface area contributed by atoms with E-state index in [1.807, 2.05) is 37.3 Å². The summed E-state index contributed by atoms with van der Waals surface area (Å²) in [5.74, 6) is 0. The largest absolute Gasteiger partial charge is 0.336 e. The van der Waals surface area contributed by atoms with Gasteiger partial charge in [-0.1, -0.05) is 25.1 Å². The van der Waals surface area contributed by atoms with Crippen LogP contribution in [0.5, 0.6) is 0 Å². The van der Waals surface area contributed by atoms with Crippen molar-refractivity contribution in [2.24, 2.45) is 10.2 Å². The molecule has 1 aromatic rings. The monoisotopic (exact) mass is 208 g/mol. The van der Waals surface area contributed by atoms with Gasteiger partial charge in [0, 0.05) is 7.11 Å². The maximum Gasteiger partial charge on any atom is 0.277 e. The number of nitrogens with zero attached hydrogens (tertiary/aromatic N) is 2. The maximum absolute atomic E-state index is 5.28. The van der Waals surface area contributed by atoms with Gasteiger partial charge in [-0.25, -0.2) is 0 Å². The van der Waals surface area contributed by atoms with Crippen LogP contribution >= 0.6 is 0 Å². The molecule has 0 saturated heterocycles. The van der Waals surface area contributed by atoms with Crippen LogP contribution in [-0.4, -0.2) is 20.1 Å². The van der Waals surface area contributed by atoms with Gasteiger partial charge < -0.3 is 9.47 Å². The minimum atomic E-state index is -0.606. The van der Waals surface area contributed by atoms with Gasteiger partial charge in [0.15, 0.2) is 0 Å². The number of methoxy groups -OCH3 is 1. The molecule has 4 heteroatoms. The van der Waals surface area contributed by atoms with Crippen molar-refractivity contribution in [1.29, 1.82) is 0 Å². The van der Waals surface area contributed by atoms with Crippen molar-refractivity contribution in [1.82, 2.24) is 0 Å². The van der Waals surface area contributed by atoms with Crippen LogP contribution in [0.15, 0.2) is 40.6 Å². The molecule has 15 heavy (non-hydrogen) atoms. The molecule has 4 nitrogen and oxygen atoms in total. The highest BCUT2D eigenvalue weighted by atomic mass is 16.7. The maximum atomic E-state index is 5.28. The highest BCUT2D eigenvalue weighted by molar-refractivity contribution is 5.34. The van der Waals surface area contributed by atoms with Gasteiger partial charge in [-0.15, -0.1) is 5.11 Å². The van der Waals surface area contributed by atoms with E-state index in [2.05, 4.69) is 10.2 Å². The predicted molar refractivity (Wildman–Crippen MR) is 58.0 cm³/mol. The van der Waals surface area contributed by atoms with Crippen LogP contribution in [0.1, 0.15) is 13.3 Å². The van der Waals surface area contributed by atoms with E-state index in [-0.39, 0.29) is 0 Å². The Hall–Kier alpha value is -1.26. The molecule has 0 N–H and O–H groups in total. The molecule has 0 saturated carbocycles. The standard InChI is InChI=1S/C11H16N2O2/c1-3-9-15-11(14-2)13-12-10-7-5-4-6-8-10/h4-8,11H,3,9H2,1-2H3. The second kappa shape index (κ2) is 7.09. The number of rotatable bonds is 6. The first-order valence-electron chi connectivity index (χ1n) is 4.97. The fourth-order valence-electron chi connectivity index (χ4n) is 0.976. The topological polar surface area (TPSA) is 43.2 Å². The van der Waals surface area contributed by atoms with Gasteiger partial charge in [0.2, 0.25) is 0 Å². The van der Waals surface area contributed by atoms with Crippen LogP contribution in [0, 0.1) is 0 Å². The Morgan fingerprint density at radius 1 is 1.27 bits per heavy atom. The molecule has 0 bridgehead atoms. The van der Waals surface area contributed by atoms with E-state index in [4.69, 9.17) is 9.47 Å². The molecule has 0 heterocycles. The van der Waals surface area contributed by atoms with E-state index in [0.29, 0.717) is 6.61 Å². The third kappa shape index (κ3) is 4.67. The first-order valence-corrected chi connectivity index (χ1v) is 4.97. The van der Waals surface area contributed by atoms with Crippen LogP contribution in [0.3, 0.4) is 0 Å². The van der Waals surface area contributed by atoms with Crippen molar-refractivity contribution in [3.63, 3.8) is 0 Å². The summed E-state index contributed by atoms with van der Waals surface area (Å²) >= 11 is 0. The van der Waals surface area contributed by atoms with Crippen molar-refractivity contribution >= 4 is 5.69 Å². The SMILES string of the molecule is CCCOC(N=Nc1ccccc1)OC. The second-order valence-electron chi connectivity index (χ2n) is 2.96. The zero-order valence-corrected chi connectivity index (χ0v) is 9.09. The average Bonchev–Trinajstić information content (AvgIpc) is 2.31. The van der Waals surface area contributed by atoms with Gasteiger partial charge >= 0.3 is 0 Å². The smallest absolute Gasteiger partial charge is 0.277 e. The molecule has 0 aromatic heterocycles. The van der Waals surface area contributed by atoms with Gasteiger partial charge in [-0.3, -0.25) is 0 Å². The third-order valence-corrected chi connectivity index (χ3v) is 1.69. The molecule has 1 aromatic carbocycles. The van der Waals surface area contributed by atoms with E-state index in [0.717, 1.165) is 12.1 Å². The summed E-state index contributed by atoms with van der Waals surface area (Å²) in [6.45, 7) is 2.65. The molecular weight excluding hydrogens is 192 g/mol. The summed E-state index contributed by atoms with van der Waals surface area (Å²) in [5, 5.41) is 7.94. The van der Waals surface area contributed by atoms with Gasteiger partial charge in [-0.05, 0) is 18.6 Å². The van der Waals surface area contributed by atoms with E-state index >= 15 is 0 Å². The summed E-state index contributed by atoms with van der Waals surface area (Å²) in [7, 11) is 1.55. The summed E-state index contributed by atoms with van der Waals surface area (Å²) in [4.78, 5) is 0. The number of azo groups is 1. The molecule has 0 amide bonds. The first kappa shape index (κ1) is 11.8. The van der Waals surface area contributed by atoms with Gasteiger partial charge in [-0.2, -0.15) is 5.11 Å². The van der Waals surface area contributed by atoms with Crippen molar-refractivity contribution in [2.75, 3.05) is 13.7 Å². The molecule has 0 spiro atoms. The third-order valence-electron chi connectivity index (χ3n) is 1.69. The van der Waals surface area contributed by atoms with E-state index in [1.54, 1.807) is 7.11 Å². The van der Waals surface area contributed by atoms with Gasteiger partial charge in [0.25, 0.3) is 6.41 Å². The predicted octanol–water partition coefficient (Wildman–Crippen LogP) is 3.13. The Labute approximate surface area is 89.9 Å². The molecule has 0 aliphatic carbocycles. The molecule has 0 aliphatic heterocycles. The highest BCUT2D eigenvalue weighted by Crippen LogP contribution is 2.11. The minimum absolute atomic E-state index is 0.606. The molecule has 1 atom stereocenters. The summed E-state index contributed by atoms with van der Waals surface area (Å²) in [5.41, 5.74) is 0.791. The molecule has 0 radical (unpaired) electrons. The fraction of sp³-hybridized carbons (Fsp3) is 0.455. The van der Waals surface area contributed by atoms with Crippen molar-refractivity contribution in [3.8, 4) is 0 Å². The summed E-state index contributed by atoms with van der Waals surface area (Å²) < 4.78 is 10.3.